The molecule has 1 heterocycles. The number of nitrogens with zero attached hydrogens (tertiary/aromatic N) is 1. The highest BCUT2D eigenvalue weighted by Crippen LogP contribution is 2.46. The van der Waals surface area contributed by atoms with Gasteiger partial charge in [-0.2, -0.15) is 13.2 Å². The Hall–Kier alpha value is -2.49. The summed E-state index contributed by atoms with van der Waals surface area (Å²) in [4.78, 5) is 2.17. The third-order valence-electron chi connectivity index (χ3n) is 5.50. The van der Waals surface area contributed by atoms with E-state index in [0.29, 0.717) is 6.42 Å². The van der Waals surface area contributed by atoms with Crippen LogP contribution in [-0.4, -0.2) is 18.1 Å². The van der Waals surface area contributed by atoms with Crippen molar-refractivity contribution in [2.45, 2.75) is 32.5 Å². The summed E-state index contributed by atoms with van der Waals surface area (Å²) >= 11 is 0. The highest BCUT2D eigenvalue weighted by Gasteiger charge is 2.37. The number of allylic oxidation sites excluding steroid dienone is 7. The smallest absolute Gasteiger partial charge is 0.369 e. The van der Waals surface area contributed by atoms with Crippen LogP contribution in [0.1, 0.15) is 29.2 Å². The van der Waals surface area contributed by atoms with Crippen molar-refractivity contribution in [2.75, 3.05) is 7.05 Å². The summed E-state index contributed by atoms with van der Waals surface area (Å²) in [5, 5.41) is 0. The SMILES string of the molecule is Cc1cc(C)cc(C2C3=CCC4C=C(C(F)(F)F)C=CC4=C3C=CN2C)c1. The predicted octanol–water partition coefficient (Wildman–Crippen LogP) is 6.11. The van der Waals surface area contributed by atoms with Gasteiger partial charge in [0.05, 0.1) is 11.6 Å². The molecule has 1 aromatic rings. The normalized spacial score (nSPS) is 24.4. The molecule has 0 amide bonds. The van der Waals surface area contributed by atoms with Gasteiger partial charge in [-0.15, -0.1) is 0 Å². The van der Waals surface area contributed by atoms with Crippen molar-refractivity contribution in [3.63, 3.8) is 0 Å². The number of benzene rings is 1. The first-order chi connectivity index (χ1) is 12.7. The Morgan fingerprint density at radius 3 is 2.37 bits per heavy atom. The van der Waals surface area contributed by atoms with Crippen LogP contribution in [0.4, 0.5) is 13.2 Å². The summed E-state index contributed by atoms with van der Waals surface area (Å²) in [6, 6.07) is 6.63. The second-order valence-electron chi connectivity index (χ2n) is 7.63. The molecule has 0 aromatic heterocycles. The van der Waals surface area contributed by atoms with E-state index >= 15 is 0 Å². The molecule has 2 aliphatic carbocycles. The lowest BCUT2D eigenvalue weighted by atomic mass is 9.75. The van der Waals surface area contributed by atoms with Gasteiger partial charge < -0.3 is 4.90 Å². The molecule has 0 spiro atoms. The molecule has 4 rings (SSSR count). The highest BCUT2D eigenvalue weighted by atomic mass is 19.4. The fourth-order valence-electron chi connectivity index (χ4n) is 4.40. The van der Waals surface area contributed by atoms with E-state index < -0.39 is 11.7 Å². The van der Waals surface area contributed by atoms with Gasteiger partial charge in [0.2, 0.25) is 0 Å². The minimum Gasteiger partial charge on any atom is -0.369 e. The van der Waals surface area contributed by atoms with Gasteiger partial charge in [-0.1, -0.05) is 53.6 Å². The number of aryl methyl sites for hydroxylation is 2. The van der Waals surface area contributed by atoms with Crippen molar-refractivity contribution in [3.05, 3.63) is 93.8 Å². The molecule has 0 saturated heterocycles. The number of alkyl halides is 3. The minimum atomic E-state index is -4.29. The topological polar surface area (TPSA) is 3.24 Å². The van der Waals surface area contributed by atoms with Crippen molar-refractivity contribution >= 4 is 0 Å². The monoisotopic (exact) mass is 369 g/mol. The molecule has 1 nitrogen and oxygen atoms in total. The molecule has 27 heavy (non-hydrogen) atoms. The van der Waals surface area contributed by atoms with Crippen LogP contribution in [0, 0.1) is 19.8 Å². The summed E-state index contributed by atoms with van der Waals surface area (Å²) in [6.45, 7) is 4.18. The van der Waals surface area contributed by atoms with Gasteiger partial charge in [0, 0.05) is 19.2 Å². The average molecular weight is 369 g/mol. The largest absolute Gasteiger partial charge is 0.416 e. The standard InChI is InChI=1S/C23H22F3N/c1-14-10-15(2)12-17(11-14)22-21-6-4-16-13-18(23(24,25)26)5-7-19(16)20(21)8-9-27(22)3/h5-13,16,22H,4H2,1-3H3. The van der Waals surface area contributed by atoms with Crippen LogP contribution < -0.4 is 0 Å². The van der Waals surface area contributed by atoms with Gasteiger partial charge in [-0.25, -0.2) is 0 Å². The quantitative estimate of drug-likeness (QED) is 0.578. The van der Waals surface area contributed by atoms with Crippen molar-refractivity contribution in [1.29, 1.82) is 0 Å². The minimum absolute atomic E-state index is 0.0819. The van der Waals surface area contributed by atoms with Crippen molar-refractivity contribution in [2.24, 2.45) is 5.92 Å². The fourth-order valence-corrected chi connectivity index (χ4v) is 4.40. The molecule has 3 aliphatic rings. The number of hydrogen-bond acceptors (Lipinski definition) is 1. The van der Waals surface area contributed by atoms with Gasteiger partial charge in [0.15, 0.2) is 0 Å². The maximum atomic E-state index is 13.1. The number of likely N-dealkylation sites (N-methyl/N-ethyl adjacent to an activating group) is 1. The van der Waals surface area contributed by atoms with E-state index in [2.05, 4.69) is 43.0 Å². The molecule has 0 bridgehead atoms. The summed E-state index contributed by atoms with van der Waals surface area (Å²) in [6.07, 6.45) is 6.72. The third-order valence-corrected chi connectivity index (χ3v) is 5.50. The Balaban J connectivity index is 1.77. The molecule has 1 aliphatic heterocycles. The average Bonchev–Trinajstić information content (AvgIpc) is 2.59. The summed E-state index contributed by atoms with van der Waals surface area (Å²) in [5.41, 5.74) is 6.33. The van der Waals surface area contributed by atoms with Crippen LogP contribution >= 0.6 is 0 Å². The zero-order valence-electron chi connectivity index (χ0n) is 15.6. The van der Waals surface area contributed by atoms with E-state index in [4.69, 9.17) is 0 Å². The summed E-state index contributed by atoms with van der Waals surface area (Å²) in [7, 11) is 2.05. The Kier molecular flexibility index (Phi) is 4.17. The first-order valence-electron chi connectivity index (χ1n) is 9.14. The number of rotatable bonds is 1. The predicted molar refractivity (Wildman–Crippen MR) is 102 cm³/mol. The second kappa shape index (κ2) is 6.29. The van der Waals surface area contributed by atoms with Crippen LogP contribution in [0.5, 0.6) is 0 Å². The first-order valence-corrected chi connectivity index (χ1v) is 9.14. The van der Waals surface area contributed by atoms with Crippen LogP contribution in [-0.2, 0) is 0 Å². The highest BCUT2D eigenvalue weighted by molar-refractivity contribution is 5.59. The number of hydrogen-bond donors (Lipinski definition) is 0. The Morgan fingerprint density at radius 1 is 1.00 bits per heavy atom. The van der Waals surface area contributed by atoms with Crippen molar-refractivity contribution < 1.29 is 13.2 Å². The molecule has 0 N–H and O–H groups in total. The maximum Gasteiger partial charge on any atom is 0.416 e. The van der Waals surface area contributed by atoms with Crippen LogP contribution in [0.25, 0.3) is 0 Å². The van der Waals surface area contributed by atoms with Gasteiger partial charge >= 0.3 is 6.18 Å². The lowest BCUT2D eigenvalue weighted by Crippen LogP contribution is -2.28. The summed E-state index contributed by atoms with van der Waals surface area (Å²) in [5.74, 6) is -0.210. The van der Waals surface area contributed by atoms with Crippen molar-refractivity contribution in [1.82, 2.24) is 4.90 Å². The summed E-state index contributed by atoms with van der Waals surface area (Å²) < 4.78 is 39.2. The first kappa shape index (κ1) is 17.9. The number of fused-ring (bicyclic) bond motifs is 2. The molecule has 4 heteroatoms. The molecule has 2 atom stereocenters. The Labute approximate surface area is 157 Å². The molecule has 140 valence electrons. The zero-order chi connectivity index (χ0) is 19.3. The molecule has 2 unspecified atom stereocenters. The van der Waals surface area contributed by atoms with Gasteiger partial charge in [-0.3, -0.25) is 0 Å². The molecule has 0 saturated carbocycles. The molecule has 0 radical (unpaired) electrons. The van der Waals surface area contributed by atoms with E-state index in [9.17, 15) is 13.2 Å². The van der Waals surface area contributed by atoms with E-state index in [1.54, 1.807) is 6.08 Å². The van der Waals surface area contributed by atoms with E-state index in [1.165, 1.54) is 34.4 Å². The lowest BCUT2D eigenvalue weighted by molar-refractivity contribution is -0.0887. The van der Waals surface area contributed by atoms with E-state index in [0.717, 1.165) is 11.1 Å². The van der Waals surface area contributed by atoms with E-state index in [1.807, 2.05) is 19.3 Å². The van der Waals surface area contributed by atoms with Gasteiger partial charge in [0.1, 0.15) is 0 Å². The molecule has 1 aromatic carbocycles. The van der Waals surface area contributed by atoms with Crippen molar-refractivity contribution in [3.8, 4) is 0 Å². The Bertz CT molecular complexity index is 921. The number of halogens is 3. The Morgan fingerprint density at radius 2 is 1.70 bits per heavy atom. The molecular formula is C23H22F3N. The third kappa shape index (κ3) is 3.18. The van der Waals surface area contributed by atoms with Crippen LogP contribution in [0.15, 0.2) is 77.1 Å². The molecular weight excluding hydrogens is 347 g/mol. The van der Waals surface area contributed by atoms with E-state index in [-0.39, 0.29) is 12.0 Å². The fraction of sp³-hybridized carbons (Fsp3) is 0.304. The van der Waals surface area contributed by atoms with Gasteiger partial charge in [-0.05, 0) is 48.6 Å². The van der Waals surface area contributed by atoms with Crippen LogP contribution in [0.2, 0.25) is 0 Å². The second-order valence-corrected chi connectivity index (χ2v) is 7.63. The molecule has 0 fully saturated rings. The maximum absolute atomic E-state index is 13.1. The van der Waals surface area contributed by atoms with Gasteiger partial charge in [0.25, 0.3) is 0 Å². The zero-order valence-corrected chi connectivity index (χ0v) is 15.6. The lowest BCUT2D eigenvalue weighted by Gasteiger charge is -2.38. The van der Waals surface area contributed by atoms with Crippen LogP contribution in [0.3, 0.4) is 0 Å².